The van der Waals surface area contributed by atoms with E-state index in [4.69, 9.17) is 46.4 Å². The predicted octanol–water partition coefficient (Wildman–Crippen LogP) is 8.13. The number of para-hydroxylation sites is 1. The second-order valence-electron chi connectivity index (χ2n) is 7.02. The van der Waals surface area contributed by atoms with E-state index in [-0.39, 0.29) is 26.0 Å². The lowest BCUT2D eigenvalue weighted by molar-refractivity contribution is -0.115. The molecule has 0 aliphatic rings. The van der Waals surface area contributed by atoms with Crippen LogP contribution in [-0.4, -0.2) is 28.1 Å². The molecular weight excluding hydrogens is 622 g/mol. The maximum absolute atomic E-state index is 12.8. The Morgan fingerprint density at radius 2 is 1.43 bits per heavy atom. The molecule has 0 fully saturated rings. The first-order valence-electron chi connectivity index (χ1n) is 9.74. The van der Waals surface area contributed by atoms with Gasteiger partial charge in [0.05, 0.1) is 42.2 Å². The van der Waals surface area contributed by atoms with Crippen LogP contribution in [0.1, 0.15) is 27.6 Å². The van der Waals surface area contributed by atoms with Crippen molar-refractivity contribution in [2.75, 3.05) is 10.6 Å². The van der Waals surface area contributed by atoms with Gasteiger partial charge in [-0.25, -0.2) is 4.79 Å². The van der Waals surface area contributed by atoms with Crippen molar-refractivity contribution >= 4 is 103 Å². The Hall–Kier alpha value is -1.94. The van der Waals surface area contributed by atoms with E-state index in [1.54, 1.807) is 37.3 Å². The molecule has 1 atom stereocenters. The molecule has 1 unspecified atom stereocenters. The predicted molar refractivity (Wildman–Crippen MR) is 146 cm³/mol. The Bertz CT molecular complexity index is 1320. The highest BCUT2D eigenvalue weighted by molar-refractivity contribution is 9.10. The van der Waals surface area contributed by atoms with Crippen LogP contribution in [0.3, 0.4) is 0 Å². The van der Waals surface area contributed by atoms with Gasteiger partial charge in [0.25, 0.3) is 5.91 Å². The van der Waals surface area contributed by atoms with Crippen LogP contribution in [0.2, 0.25) is 20.1 Å². The summed E-state index contributed by atoms with van der Waals surface area (Å²) in [7, 11) is 0. The molecule has 0 aromatic heterocycles. The number of carbonyl (C=O) groups is 3. The lowest BCUT2D eigenvalue weighted by Gasteiger charge is -2.15. The number of amides is 2. The standard InChI is InChI=1S/C23H15BrCl4N2O4S/c1-10(21(31)30-14-5-3-2-4-13(14)24)35-12-8-6-11(7-9-12)29-22(32)15-16(23(33)34)18(26)20(28)19(27)17(15)25/h2-10H,1H3,(H,29,32)(H,30,31)(H,33,34). The van der Waals surface area contributed by atoms with Gasteiger partial charge in [0.1, 0.15) is 0 Å². The number of nitrogens with one attached hydrogen (secondary N) is 2. The van der Waals surface area contributed by atoms with Gasteiger partial charge >= 0.3 is 5.97 Å². The molecule has 0 aliphatic carbocycles. The lowest BCUT2D eigenvalue weighted by Crippen LogP contribution is -2.22. The third-order valence-electron chi connectivity index (χ3n) is 4.63. The molecule has 0 saturated carbocycles. The summed E-state index contributed by atoms with van der Waals surface area (Å²) in [6, 6.07) is 13.9. The zero-order chi connectivity index (χ0) is 25.9. The fourth-order valence-corrected chi connectivity index (χ4v) is 5.18. The zero-order valence-corrected chi connectivity index (χ0v) is 23.1. The van der Waals surface area contributed by atoms with Gasteiger partial charge in [-0.3, -0.25) is 9.59 Å². The van der Waals surface area contributed by atoms with Crippen molar-refractivity contribution < 1.29 is 19.5 Å². The molecule has 0 saturated heterocycles. The normalized spacial score (nSPS) is 11.6. The number of thioether (sulfide) groups is 1. The molecule has 3 aromatic rings. The van der Waals surface area contributed by atoms with Gasteiger partial charge in [0, 0.05) is 15.1 Å². The summed E-state index contributed by atoms with van der Waals surface area (Å²) in [5.74, 6) is -2.48. The molecule has 0 bridgehead atoms. The summed E-state index contributed by atoms with van der Waals surface area (Å²) >= 11 is 28.8. The summed E-state index contributed by atoms with van der Waals surface area (Å²) in [5.41, 5.74) is 0.0686. The first-order chi connectivity index (χ1) is 16.5. The zero-order valence-electron chi connectivity index (χ0n) is 17.7. The molecule has 182 valence electrons. The van der Waals surface area contributed by atoms with Crippen LogP contribution in [0.5, 0.6) is 0 Å². The van der Waals surface area contributed by atoms with Gasteiger partial charge in [0.15, 0.2) is 0 Å². The van der Waals surface area contributed by atoms with Gasteiger partial charge in [-0.05, 0) is 59.3 Å². The molecule has 3 N–H and O–H groups in total. The molecule has 0 aliphatic heterocycles. The number of carboxylic acids is 1. The maximum Gasteiger partial charge on any atom is 0.338 e. The van der Waals surface area contributed by atoms with Crippen LogP contribution in [-0.2, 0) is 4.79 Å². The van der Waals surface area contributed by atoms with Gasteiger partial charge in [-0.15, -0.1) is 11.8 Å². The average Bonchev–Trinajstić information content (AvgIpc) is 2.82. The van der Waals surface area contributed by atoms with E-state index in [2.05, 4.69) is 26.6 Å². The number of anilines is 2. The number of hydrogen-bond donors (Lipinski definition) is 3. The molecule has 35 heavy (non-hydrogen) atoms. The highest BCUT2D eigenvalue weighted by atomic mass is 79.9. The molecule has 6 nitrogen and oxygen atoms in total. The topological polar surface area (TPSA) is 95.5 Å². The molecule has 0 spiro atoms. The fourth-order valence-electron chi connectivity index (χ4n) is 2.91. The smallest absolute Gasteiger partial charge is 0.338 e. The van der Waals surface area contributed by atoms with Crippen LogP contribution in [0, 0.1) is 0 Å². The van der Waals surface area contributed by atoms with E-state index >= 15 is 0 Å². The minimum atomic E-state index is -1.48. The first-order valence-corrected chi connectivity index (χ1v) is 12.9. The monoisotopic (exact) mass is 634 g/mol. The molecule has 0 radical (unpaired) electrons. The number of halogens is 5. The largest absolute Gasteiger partial charge is 0.478 e. The van der Waals surface area contributed by atoms with Crippen molar-refractivity contribution in [1.82, 2.24) is 0 Å². The quantitative estimate of drug-likeness (QED) is 0.138. The van der Waals surface area contributed by atoms with Gasteiger partial charge in [-0.1, -0.05) is 58.5 Å². The molecular formula is C23H15BrCl4N2O4S. The lowest BCUT2D eigenvalue weighted by atomic mass is 10.1. The Morgan fingerprint density at radius 1 is 0.857 bits per heavy atom. The van der Waals surface area contributed by atoms with Crippen molar-refractivity contribution in [3.8, 4) is 0 Å². The van der Waals surface area contributed by atoms with Crippen LogP contribution < -0.4 is 10.6 Å². The second kappa shape index (κ2) is 11.9. The highest BCUT2D eigenvalue weighted by Gasteiger charge is 2.29. The SMILES string of the molecule is CC(Sc1ccc(NC(=O)c2c(Cl)c(Cl)c(Cl)c(Cl)c2C(=O)O)cc1)C(=O)Nc1ccccc1Br. The van der Waals surface area contributed by atoms with Crippen molar-refractivity contribution in [2.45, 2.75) is 17.1 Å². The van der Waals surface area contributed by atoms with Gasteiger partial charge < -0.3 is 15.7 Å². The van der Waals surface area contributed by atoms with Gasteiger partial charge in [-0.2, -0.15) is 0 Å². The maximum atomic E-state index is 12.8. The summed E-state index contributed by atoms with van der Waals surface area (Å²) in [4.78, 5) is 37.8. The number of aromatic carboxylic acids is 1. The van der Waals surface area contributed by atoms with Crippen molar-refractivity contribution in [1.29, 1.82) is 0 Å². The van der Waals surface area contributed by atoms with Crippen molar-refractivity contribution in [3.63, 3.8) is 0 Å². The van der Waals surface area contributed by atoms with E-state index in [1.807, 2.05) is 18.2 Å². The molecule has 3 aromatic carbocycles. The number of carbonyl (C=O) groups excluding carboxylic acids is 2. The molecule has 2 amide bonds. The number of benzene rings is 3. The first kappa shape index (κ1) is 27.6. The Kier molecular flexibility index (Phi) is 9.37. The van der Waals surface area contributed by atoms with Crippen LogP contribution in [0.25, 0.3) is 0 Å². The Morgan fingerprint density at radius 3 is 2.00 bits per heavy atom. The average molecular weight is 637 g/mol. The van der Waals surface area contributed by atoms with E-state index < -0.39 is 28.3 Å². The van der Waals surface area contributed by atoms with Crippen LogP contribution in [0.4, 0.5) is 11.4 Å². The molecule has 12 heteroatoms. The van der Waals surface area contributed by atoms with E-state index in [9.17, 15) is 19.5 Å². The minimum Gasteiger partial charge on any atom is -0.478 e. The van der Waals surface area contributed by atoms with E-state index in [1.165, 1.54) is 11.8 Å². The van der Waals surface area contributed by atoms with Gasteiger partial charge in [0.2, 0.25) is 5.91 Å². The van der Waals surface area contributed by atoms with Crippen LogP contribution >= 0.6 is 74.1 Å². The Balaban J connectivity index is 1.72. The third kappa shape index (κ3) is 6.44. The van der Waals surface area contributed by atoms with E-state index in [0.29, 0.717) is 11.4 Å². The summed E-state index contributed by atoms with van der Waals surface area (Å²) in [6.07, 6.45) is 0. The number of rotatable bonds is 7. The number of carboxylic acid groups (broad SMARTS) is 1. The Labute approximate surface area is 233 Å². The van der Waals surface area contributed by atoms with Crippen molar-refractivity contribution in [2.24, 2.45) is 0 Å². The number of hydrogen-bond acceptors (Lipinski definition) is 4. The fraction of sp³-hybridized carbons (Fsp3) is 0.0870. The highest BCUT2D eigenvalue weighted by Crippen LogP contribution is 2.42. The summed E-state index contributed by atoms with van der Waals surface area (Å²) in [5, 5.41) is 13.3. The summed E-state index contributed by atoms with van der Waals surface area (Å²) < 4.78 is 0.778. The molecule has 0 heterocycles. The second-order valence-corrected chi connectivity index (χ2v) is 10.8. The third-order valence-corrected chi connectivity index (χ3v) is 8.24. The van der Waals surface area contributed by atoms with E-state index in [0.717, 1.165) is 9.37 Å². The minimum absolute atomic E-state index is 0.174. The van der Waals surface area contributed by atoms with Crippen LogP contribution in [0.15, 0.2) is 57.9 Å². The van der Waals surface area contributed by atoms with Crippen molar-refractivity contribution in [3.05, 3.63) is 84.2 Å². The molecule has 3 rings (SSSR count). The summed E-state index contributed by atoms with van der Waals surface area (Å²) in [6.45, 7) is 1.77.